The average molecular weight is 753 g/mol. The summed E-state index contributed by atoms with van der Waals surface area (Å²) < 4.78 is 34.8. The zero-order chi connectivity index (χ0) is 38.4. The Bertz CT molecular complexity index is 1020. The van der Waals surface area contributed by atoms with Gasteiger partial charge < -0.3 is 18.9 Å². The van der Waals surface area contributed by atoms with Gasteiger partial charge in [0.05, 0.1) is 34.4 Å². The zero-order valence-electron chi connectivity index (χ0n) is 34.0. The van der Waals surface area contributed by atoms with Gasteiger partial charge in [0.2, 0.25) is 0 Å². The second-order valence-electron chi connectivity index (χ2n) is 14.6. The van der Waals surface area contributed by atoms with Crippen molar-refractivity contribution in [1.29, 1.82) is 0 Å². The number of allylic oxidation sites excluding steroid dienone is 10. The molecule has 9 heteroatoms. The third-order valence-corrected chi connectivity index (χ3v) is 9.33. The Morgan fingerprint density at radius 1 is 0.615 bits per heavy atom. The number of esters is 1. The van der Waals surface area contributed by atoms with Crippen LogP contribution in [0, 0.1) is 0 Å². The van der Waals surface area contributed by atoms with Gasteiger partial charge in [-0.3, -0.25) is 13.8 Å². The third kappa shape index (κ3) is 39.4. The minimum absolute atomic E-state index is 0.0765. The van der Waals surface area contributed by atoms with Crippen LogP contribution in [-0.4, -0.2) is 75.6 Å². The van der Waals surface area contributed by atoms with Crippen LogP contribution in [0.15, 0.2) is 60.8 Å². The predicted octanol–water partition coefficient (Wildman–Crippen LogP) is 11.8. The Balaban J connectivity index is 4.39. The molecule has 0 aromatic rings. The van der Waals surface area contributed by atoms with Gasteiger partial charge in [-0.2, -0.15) is 0 Å². The van der Waals surface area contributed by atoms with Crippen LogP contribution in [0.2, 0.25) is 0 Å². The molecule has 8 nitrogen and oxygen atoms in total. The van der Waals surface area contributed by atoms with Crippen LogP contribution in [0.1, 0.15) is 149 Å². The van der Waals surface area contributed by atoms with Crippen LogP contribution >= 0.6 is 7.82 Å². The van der Waals surface area contributed by atoms with E-state index in [0.29, 0.717) is 24.1 Å². The lowest BCUT2D eigenvalue weighted by Crippen LogP contribution is -2.37. The first kappa shape index (κ1) is 50.2. The van der Waals surface area contributed by atoms with Crippen molar-refractivity contribution in [2.24, 2.45) is 0 Å². The molecule has 2 atom stereocenters. The van der Waals surface area contributed by atoms with Crippen molar-refractivity contribution in [3.05, 3.63) is 60.8 Å². The van der Waals surface area contributed by atoms with Crippen LogP contribution in [0.3, 0.4) is 0 Å². The monoisotopic (exact) mass is 753 g/mol. The molecule has 0 aliphatic heterocycles. The van der Waals surface area contributed by atoms with Gasteiger partial charge in [0.1, 0.15) is 19.3 Å². The molecule has 52 heavy (non-hydrogen) atoms. The van der Waals surface area contributed by atoms with Gasteiger partial charge in [0.15, 0.2) is 0 Å². The Labute approximate surface area is 320 Å². The molecule has 0 bridgehead atoms. The molecule has 0 aromatic carbocycles. The predicted molar refractivity (Wildman–Crippen MR) is 219 cm³/mol. The number of rotatable bonds is 37. The van der Waals surface area contributed by atoms with Crippen LogP contribution in [0.25, 0.3) is 0 Å². The maximum absolute atomic E-state index is 12.6. The van der Waals surface area contributed by atoms with E-state index in [1.54, 1.807) is 0 Å². The highest BCUT2D eigenvalue weighted by atomic mass is 31.2. The van der Waals surface area contributed by atoms with Crippen molar-refractivity contribution in [2.45, 2.75) is 155 Å². The fourth-order valence-corrected chi connectivity index (χ4v) is 5.92. The molecule has 0 aliphatic rings. The summed E-state index contributed by atoms with van der Waals surface area (Å²) in [6.45, 7) is 5.42. The summed E-state index contributed by atoms with van der Waals surface area (Å²) in [7, 11) is 1.63. The minimum Gasteiger partial charge on any atom is -0.457 e. The number of phosphoric acid groups is 1. The lowest BCUT2D eigenvalue weighted by atomic mass is 10.0. The minimum atomic E-state index is -4.29. The molecule has 0 saturated heterocycles. The number of nitrogens with zero attached hydrogens (tertiary/aromatic N) is 1. The summed E-state index contributed by atoms with van der Waals surface area (Å²) in [5, 5.41) is 0. The van der Waals surface area contributed by atoms with Gasteiger partial charge in [-0.1, -0.05) is 152 Å². The number of phosphoric ester groups is 1. The smallest absolute Gasteiger partial charge is 0.457 e. The van der Waals surface area contributed by atoms with Gasteiger partial charge >= 0.3 is 13.8 Å². The number of quaternary nitrogens is 1. The quantitative estimate of drug-likeness (QED) is 0.0222. The molecule has 2 unspecified atom stereocenters. The Morgan fingerprint density at radius 3 is 1.60 bits per heavy atom. The van der Waals surface area contributed by atoms with Gasteiger partial charge in [-0.05, 0) is 51.4 Å². The lowest BCUT2D eigenvalue weighted by Gasteiger charge is -2.24. The lowest BCUT2D eigenvalue weighted by molar-refractivity contribution is -0.870. The molecule has 1 N–H and O–H groups in total. The van der Waals surface area contributed by atoms with Gasteiger partial charge in [0, 0.05) is 13.0 Å². The normalized spacial score (nSPS) is 14.5. The van der Waals surface area contributed by atoms with E-state index in [0.717, 1.165) is 51.4 Å². The molecule has 0 amide bonds. The molecule has 0 fully saturated rings. The standard InChI is InChI=1S/C43H78NO7P/c1-6-8-10-12-14-16-18-20-21-22-23-24-26-28-30-32-34-36-43(45)51-42(41-50-52(46,47)49-39-37-44(3,4)5)40-48-38-35-33-31-29-27-25-19-17-15-13-11-9-7-2/h8,10,14,16,20-21,23-24,28,30,42H,6-7,9,11-13,15,17-19,22,25-27,29,31-41H2,1-5H3/p+1/b10-8-,16-14-,21-20-,24-23-,30-28-. The van der Waals surface area contributed by atoms with Crippen molar-refractivity contribution < 1.29 is 37.3 Å². The van der Waals surface area contributed by atoms with E-state index in [1.165, 1.54) is 70.6 Å². The number of unbranched alkanes of at least 4 members (excludes halogenated alkanes) is 13. The average Bonchev–Trinajstić information content (AvgIpc) is 3.09. The van der Waals surface area contributed by atoms with Crippen LogP contribution in [0.4, 0.5) is 0 Å². The highest BCUT2D eigenvalue weighted by molar-refractivity contribution is 7.47. The first-order valence-corrected chi connectivity index (χ1v) is 22.0. The topological polar surface area (TPSA) is 91.3 Å². The van der Waals surface area contributed by atoms with E-state index in [1.807, 2.05) is 21.1 Å². The summed E-state index contributed by atoms with van der Waals surface area (Å²) >= 11 is 0. The van der Waals surface area contributed by atoms with E-state index < -0.39 is 13.9 Å². The molecule has 302 valence electrons. The van der Waals surface area contributed by atoms with Gasteiger partial charge in [-0.25, -0.2) is 4.57 Å². The summed E-state index contributed by atoms with van der Waals surface area (Å²) in [5.74, 6) is -0.371. The molecular weight excluding hydrogens is 673 g/mol. The van der Waals surface area contributed by atoms with E-state index in [4.69, 9.17) is 18.5 Å². The van der Waals surface area contributed by atoms with E-state index in [2.05, 4.69) is 74.6 Å². The third-order valence-electron chi connectivity index (χ3n) is 8.34. The molecule has 0 aromatic heterocycles. The fourth-order valence-electron chi connectivity index (χ4n) is 5.18. The largest absolute Gasteiger partial charge is 0.472 e. The highest BCUT2D eigenvalue weighted by Gasteiger charge is 2.26. The van der Waals surface area contributed by atoms with Crippen LogP contribution in [0.5, 0.6) is 0 Å². The SMILES string of the molecule is CC/C=C\C/C=C\C/C=C\C/C=C\C/C=C\CCCC(=O)OC(COCCCCCCCCCCCCCCC)COP(=O)(O)OCC[N+](C)(C)C. The summed E-state index contributed by atoms with van der Waals surface area (Å²) in [5.41, 5.74) is 0. The van der Waals surface area contributed by atoms with Crippen molar-refractivity contribution >= 4 is 13.8 Å². The Morgan fingerprint density at radius 2 is 1.10 bits per heavy atom. The molecular formula is C43H79NO7P+. The van der Waals surface area contributed by atoms with Crippen LogP contribution in [-0.2, 0) is 27.9 Å². The molecule has 0 radical (unpaired) electrons. The molecule has 0 heterocycles. The maximum Gasteiger partial charge on any atom is 0.472 e. The Kier molecular flexibility index (Phi) is 34.9. The Hall–Kier alpha value is -1.80. The molecule has 0 rings (SSSR count). The van der Waals surface area contributed by atoms with E-state index in [-0.39, 0.29) is 32.2 Å². The number of hydrogen-bond donors (Lipinski definition) is 1. The number of ether oxygens (including phenoxy) is 2. The van der Waals surface area contributed by atoms with Crippen molar-refractivity contribution in [2.75, 3.05) is 54.1 Å². The number of hydrogen-bond acceptors (Lipinski definition) is 6. The van der Waals surface area contributed by atoms with Gasteiger partial charge in [-0.15, -0.1) is 0 Å². The van der Waals surface area contributed by atoms with Crippen molar-refractivity contribution in [1.82, 2.24) is 0 Å². The molecule has 0 saturated carbocycles. The highest BCUT2D eigenvalue weighted by Crippen LogP contribution is 2.43. The summed E-state index contributed by atoms with van der Waals surface area (Å²) in [6, 6.07) is 0. The first-order valence-electron chi connectivity index (χ1n) is 20.5. The summed E-state index contributed by atoms with van der Waals surface area (Å²) in [4.78, 5) is 22.8. The van der Waals surface area contributed by atoms with Crippen molar-refractivity contribution in [3.8, 4) is 0 Å². The van der Waals surface area contributed by atoms with E-state index in [9.17, 15) is 14.3 Å². The number of carbonyl (C=O) groups excluding carboxylic acids is 1. The molecule has 0 spiro atoms. The number of carbonyl (C=O) groups is 1. The summed E-state index contributed by atoms with van der Waals surface area (Å²) in [6.07, 6.45) is 44.0. The number of likely N-dealkylation sites (N-methyl/N-ethyl adjacent to an activating group) is 1. The zero-order valence-corrected chi connectivity index (χ0v) is 34.9. The molecule has 0 aliphatic carbocycles. The maximum atomic E-state index is 12.6. The van der Waals surface area contributed by atoms with Crippen molar-refractivity contribution in [3.63, 3.8) is 0 Å². The van der Waals surface area contributed by atoms with E-state index >= 15 is 0 Å². The van der Waals surface area contributed by atoms with Crippen LogP contribution < -0.4 is 0 Å². The first-order chi connectivity index (χ1) is 25.1. The van der Waals surface area contributed by atoms with Gasteiger partial charge in [0.25, 0.3) is 0 Å². The second-order valence-corrected chi connectivity index (χ2v) is 16.1. The fraction of sp³-hybridized carbons (Fsp3) is 0.744. The second kappa shape index (κ2) is 36.2.